The molecule has 80 valence electrons. The van der Waals surface area contributed by atoms with Crippen LogP contribution in [0, 0.1) is 11.3 Å². The van der Waals surface area contributed by atoms with Crippen LogP contribution in [0.3, 0.4) is 0 Å². The van der Waals surface area contributed by atoms with Crippen LogP contribution in [0.4, 0.5) is 13.2 Å². The van der Waals surface area contributed by atoms with Crippen LogP contribution in [-0.4, -0.2) is 0 Å². The third-order valence-corrected chi connectivity index (χ3v) is 2.30. The lowest BCUT2D eigenvalue weighted by molar-refractivity contribution is -0.137. The normalized spacial score (nSPS) is 11.2. The molecule has 0 saturated carbocycles. The van der Waals surface area contributed by atoms with Gasteiger partial charge in [0.25, 0.3) is 0 Å². The van der Waals surface area contributed by atoms with E-state index >= 15 is 0 Å². The second-order valence-corrected chi connectivity index (χ2v) is 3.14. The number of hydrogen-bond donors (Lipinski definition) is 1. The summed E-state index contributed by atoms with van der Waals surface area (Å²) in [5.41, 5.74) is 4.35. The third-order valence-electron chi connectivity index (χ3n) is 1.87. The van der Waals surface area contributed by atoms with Crippen molar-refractivity contribution in [1.82, 2.24) is 0 Å². The van der Waals surface area contributed by atoms with Gasteiger partial charge in [-0.15, -0.1) is 0 Å². The van der Waals surface area contributed by atoms with Crippen molar-refractivity contribution >= 4 is 11.6 Å². The molecule has 0 aliphatic carbocycles. The third kappa shape index (κ3) is 2.22. The average molecular weight is 235 g/mol. The Morgan fingerprint density at radius 3 is 2.40 bits per heavy atom. The van der Waals surface area contributed by atoms with E-state index in [-0.39, 0.29) is 17.7 Å². The fourth-order valence-electron chi connectivity index (χ4n) is 1.14. The first-order chi connectivity index (χ1) is 6.91. The summed E-state index contributed by atoms with van der Waals surface area (Å²) in [6.45, 7) is -0.203. The first-order valence-corrected chi connectivity index (χ1v) is 4.28. The van der Waals surface area contributed by atoms with E-state index in [1.54, 1.807) is 6.07 Å². The van der Waals surface area contributed by atoms with Crippen LogP contribution < -0.4 is 5.73 Å². The molecule has 0 aromatic heterocycles. The van der Waals surface area contributed by atoms with Gasteiger partial charge in [-0.2, -0.15) is 18.4 Å². The Labute approximate surface area is 89.1 Å². The summed E-state index contributed by atoms with van der Waals surface area (Å²) < 4.78 is 37.2. The maximum Gasteiger partial charge on any atom is 0.417 e. The number of rotatable bonds is 1. The number of nitrogens with two attached hydrogens (primary N) is 1. The van der Waals surface area contributed by atoms with Crippen molar-refractivity contribution in [2.45, 2.75) is 12.7 Å². The van der Waals surface area contributed by atoms with Gasteiger partial charge in [0.15, 0.2) is 0 Å². The summed E-state index contributed by atoms with van der Waals surface area (Å²) in [7, 11) is 0. The lowest BCUT2D eigenvalue weighted by atomic mass is 10.0. The van der Waals surface area contributed by atoms with Gasteiger partial charge in [0, 0.05) is 12.1 Å². The Morgan fingerprint density at radius 2 is 2.00 bits per heavy atom. The van der Waals surface area contributed by atoms with Gasteiger partial charge in [-0.05, 0) is 12.1 Å². The highest BCUT2D eigenvalue weighted by atomic mass is 35.5. The van der Waals surface area contributed by atoms with Crippen molar-refractivity contribution in [3.63, 3.8) is 0 Å². The van der Waals surface area contributed by atoms with Crippen molar-refractivity contribution in [3.8, 4) is 6.07 Å². The van der Waals surface area contributed by atoms with Gasteiger partial charge in [-0.3, -0.25) is 0 Å². The second kappa shape index (κ2) is 4.09. The molecule has 0 saturated heterocycles. The van der Waals surface area contributed by atoms with Crippen LogP contribution in [-0.2, 0) is 12.7 Å². The van der Waals surface area contributed by atoms with Gasteiger partial charge in [0.1, 0.15) is 0 Å². The lowest BCUT2D eigenvalue weighted by Gasteiger charge is -2.12. The Bertz CT molecular complexity index is 421. The maximum atomic E-state index is 12.4. The first kappa shape index (κ1) is 11.8. The largest absolute Gasteiger partial charge is 0.417 e. The Kier molecular flexibility index (Phi) is 3.22. The molecule has 0 bridgehead atoms. The molecule has 0 radical (unpaired) electrons. The van der Waals surface area contributed by atoms with E-state index in [9.17, 15) is 13.2 Å². The first-order valence-electron chi connectivity index (χ1n) is 3.90. The number of nitriles is 1. The maximum absolute atomic E-state index is 12.4. The summed E-state index contributed by atoms with van der Waals surface area (Å²) in [5.74, 6) is 0. The highest BCUT2D eigenvalue weighted by Gasteiger charge is 2.34. The zero-order valence-electron chi connectivity index (χ0n) is 7.40. The molecular formula is C9H6ClF3N2. The molecule has 2 N–H and O–H groups in total. The highest BCUT2D eigenvalue weighted by molar-refractivity contribution is 6.32. The number of hydrogen-bond acceptors (Lipinski definition) is 2. The van der Waals surface area contributed by atoms with E-state index in [4.69, 9.17) is 22.6 Å². The van der Waals surface area contributed by atoms with Crippen molar-refractivity contribution in [2.24, 2.45) is 5.73 Å². The molecule has 15 heavy (non-hydrogen) atoms. The summed E-state index contributed by atoms with van der Waals surface area (Å²) >= 11 is 5.53. The monoisotopic (exact) mass is 234 g/mol. The van der Waals surface area contributed by atoms with Gasteiger partial charge in [0.2, 0.25) is 0 Å². The zero-order valence-corrected chi connectivity index (χ0v) is 8.15. The topological polar surface area (TPSA) is 49.8 Å². The summed E-state index contributed by atoms with van der Waals surface area (Å²) in [6.07, 6.45) is -4.53. The molecule has 1 rings (SSSR count). The average Bonchev–Trinajstić information content (AvgIpc) is 2.15. The smallest absolute Gasteiger partial charge is 0.326 e. The standard InChI is InChI=1S/C9H6ClF3N2/c10-8-6(4-15)5(3-14)1-2-7(8)9(11,12)13/h1-2H,4,15H2. The molecule has 1 aromatic carbocycles. The van der Waals surface area contributed by atoms with Crippen molar-refractivity contribution in [3.05, 3.63) is 33.8 Å². The fourth-order valence-corrected chi connectivity index (χ4v) is 1.49. The molecular weight excluding hydrogens is 229 g/mol. The van der Waals surface area contributed by atoms with Gasteiger partial charge < -0.3 is 5.73 Å². The molecule has 6 heteroatoms. The molecule has 0 heterocycles. The van der Waals surface area contributed by atoms with Gasteiger partial charge in [-0.25, -0.2) is 0 Å². The SMILES string of the molecule is N#Cc1ccc(C(F)(F)F)c(Cl)c1CN. The van der Waals surface area contributed by atoms with Crippen LogP contribution >= 0.6 is 11.6 Å². The van der Waals surface area contributed by atoms with E-state index in [2.05, 4.69) is 0 Å². The number of benzene rings is 1. The molecule has 0 amide bonds. The minimum Gasteiger partial charge on any atom is -0.326 e. The zero-order chi connectivity index (χ0) is 11.6. The number of halogens is 4. The van der Waals surface area contributed by atoms with Crippen LogP contribution in [0.1, 0.15) is 16.7 Å². The van der Waals surface area contributed by atoms with Crippen molar-refractivity contribution in [1.29, 1.82) is 5.26 Å². The van der Waals surface area contributed by atoms with Gasteiger partial charge in [0.05, 0.1) is 22.2 Å². The molecule has 0 fully saturated rings. The van der Waals surface area contributed by atoms with E-state index in [0.29, 0.717) is 0 Å². The van der Waals surface area contributed by atoms with E-state index in [1.165, 1.54) is 0 Å². The summed E-state index contributed by atoms with van der Waals surface area (Å²) in [6, 6.07) is 3.58. The van der Waals surface area contributed by atoms with Gasteiger partial charge in [-0.1, -0.05) is 11.6 Å². The van der Waals surface area contributed by atoms with Crippen LogP contribution in [0.2, 0.25) is 5.02 Å². The summed E-state index contributed by atoms with van der Waals surface area (Å²) in [5, 5.41) is 8.13. The molecule has 0 aliphatic rings. The van der Waals surface area contributed by atoms with Gasteiger partial charge >= 0.3 is 6.18 Å². The predicted molar refractivity (Wildman–Crippen MR) is 49.1 cm³/mol. The second-order valence-electron chi connectivity index (χ2n) is 2.77. The van der Waals surface area contributed by atoms with E-state index in [1.807, 2.05) is 0 Å². The number of alkyl halides is 3. The van der Waals surface area contributed by atoms with Crippen LogP contribution in [0.15, 0.2) is 12.1 Å². The van der Waals surface area contributed by atoms with Crippen LogP contribution in [0.5, 0.6) is 0 Å². The number of nitrogens with zero attached hydrogens (tertiary/aromatic N) is 1. The quantitative estimate of drug-likeness (QED) is 0.812. The van der Waals surface area contributed by atoms with Crippen molar-refractivity contribution in [2.75, 3.05) is 0 Å². The molecule has 0 spiro atoms. The van der Waals surface area contributed by atoms with E-state index < -0.39 is 16.8 Å². The molecule has 1 aromatic rings. The van der Waals surface area contributed by atoms with Crippen molar-refractivity contribution < 1.29 is 13.2 Å². The molecule has 2 nitrogen and oxygen atoms in total. The van der Waals surface area contributed by atoms with E-state index in [0.717, 1.165) is 12.1 Å². The minimum atomic E-state index is -4.53. The predicted octanol–water partition coefficient (Wildman–Crippen LogP) is 2.69. The Morgan fingerprint density at radius 1 is 1.40 bits per heavy atom. The molecule has 0 atom stereocenters. The fraction of sp³-hybridized carbons (Fsp3) is 0.222. The minimum absolute atomic E-state index is 0.0222. The molecule has 0 aliphatic heterocycles. The Balaban J connectivity index is 3.44. The summed E-state index contributed by atoms with van der Waals surface area (Å²) in [4.78, 5) is 0. The molecule has 0 unspecified atom stereocenters. The lowest BCUT2D eigenvalue weighted by Crippen LogP contribution is -2.10. The highest BCUT2D eigenvalue weighted by Crippen LogP contribution is 2.37. The van der Waals surface area contributed by atoms with Crippen LogP contribution in [0.25, 0.3) is 0 Å². The Hall–Kier alpha value is -1.25.